The summed E-state index contributed by atoms with van der Waals surface area (Å²) in [5.41, 5.74) is 1.47. The number of anilines is 1. The number of rotatable bonds is 4. The first-order valence-corrected chi connectivity index (χ1v) is 9.38. The van der Waals surface area contributed by atoms with Crippen LogP contribution in [-0.4, -0.2) is 32.6 Å². The SMILES string of the molecule is CS(=O)(=O)NC(=O)c1cccc(NC(=O)C2Cc3ccccc3O2)c1. The maximum atomic E-state index is 12.4. The van der Waals surface area contributed by atoms with Gasteiger partial charge >= 0.3 is 0 Å². The van der Waals surface area contributed by atoms with Crippen LogP contribution in [0.15, 0.2) is 48.5 Å². The zero-order chi connectivity index (χ0) is 18.0. The second kappa shape index (κ2) is 6.56. The van der Waals surface area contributed by atoms with E-state index < -0.39 is 22.0 Å². The third kappa shape index (κ3) is 4.16. The van der Waals surface area contributed by atoms with Crippen molar-refractivity contribution in [2.75, 3.05) is 11.6 Å². The van der Waals surface area contributed by atoms with Crippen molar-refractivity contribution in [1.82, 2.24) is 4.72 Å². The highest BCUT2D eigenvalue weighted by atomic mass is 32.2. The van der Waals surface area contributed by atoms with Crippen LogP contribution in [0.4, 0.5) is 5.69 Å². The van der Waals surface area contributed by atoms with E-state index in [1.807, 2.05) is 22.9 Å². The first kappa shape index (κ1) is 17.0. The van der Waals surface area contributed by atoms with Gasteiger partial charge in [0.1, 0.15) is 5.75 Å². The highest BCUT2D eigenvalue weighted by Crippen LogP contribution is 2.28. The molecule has 3 rings (SSSR count). The van der Waals surface area contributed by atoms with Crippen LogP contribution < -0.4 is 14.8 Å². The molecule has 1 heterocycles. The monoisotopic (exact) mass is 360 g/mol. The summed E-state index contributed by atoms with van der Waals surface area (Å²) in [6.45, 7) is 0. The number of nitrogens with one attached hydrogen (secondary N) is 2. The molecule has 7 nitrogen and oxygen atoms in total. The molecule has 2 aromatic carbocycles. The second-order valence-corrected chi connectivity index (χ2v) is 7.44. The standard InChI is InChI=1S/C17H16N2O5S/c1-25(22,23)19-16(20)12-6-4-7-13(9-12)18-17(21)15-10-11-5-2-3-8-14(11)24-15/h2-9,15H,10H2,1H3,(H,18,21)(H,19,20). The zero-order valence-electron chi connectivity index (χ0n) is 13.4. The second-order valence-electron chi connectivity index (χ2n) is 5.69. The number of benzene rings is 2. The van der Waals surface area contributed by atoms with E-state index in [-0.39, 0.29) is 11.5 Å². The molecule has 1 atom stereocenters. The van der Waals surface area contributed by atoms with E-state index in [1.165, 1.54) is 12.1 Å². The number of para-hydroxylation sites is 1. The van der Waals surface area contributed by atoms with Gasteiger partial charge in [0, 0.05) is 17.7 Å². The lowest BCUT2D eigenvalue weighted by Gasteiger charge is -2.12. The predicted octanol–water partition coefficient (Wildman–Crippen LogP) is 1.32. The number of sulfonamides is 1. The maximum Gasteiger partial charge on any atom is 0.265 e. The molecule has 8 heteroatoms. The van der Waals surface area contributed by atoms with Gasteiger partial charge in [-0.05, 0) is 29.8 Å². The molecular weight excluding hydrogens is 344 g/mol. The zero-order valence-corrected chi connectivity index (χ0v) is 14.2. The minimum absolute atomic E-state index is 0.124. The maximum absolute atomic E-state index is 12.4. The summed E-state index contributed by atoms with van der Waals surface area (Å²) in [5.74, 6) is -0.413. The lowest BCUT2D eigenvalue weighted by atomic mass is 10.1. The van der Waals surface area contributed by atoms with Gasteiger partial charge in [-0.2, -0.15) is 0 Å². The van der Waals surface area contributed by atoms with Gasteiger partial charge in [-0.15, -0.1) is 0 Å². The summed E-state index contributed by atoms with van der Waals surface area (Å²) in [4.78, 5) is 24.2. The quantitative estimate of drug-likeness (QED) is 0.856. The Morgan fingerprint density at radius 3 is 2.60 bits per heavy atom. The molecule has 0 saturated heterocycles. The molecule has 2 aromatic rings. The number of carbonyl (C=O) groups is 2. The van der Waals surface area contributed by atoms with Crippen molar-refractivity contribution in [3.63, 3.8) is 0 Å². The normalized spacial score (nSPS) is 15.8. The van der Waals surface area contributed by atoms with Crippen molar-refractivity contribution in [2.24, 2.45) is 0 Å². The van der Waals surface area contributed by atoms with E-state index in [1.54, 1.807) is 18.2 Å². The molecule has 2 N–H and O–H groups in total. The molecule has 0 saturated carbocycles. The predicted molar refractivity (Wildman–Crippen MR) is 91.9 cm³/mol. The Kier molecular flexibility index (Phi) is 4.45. The van der Waals surface area contributed by atoms with E-state index in [4.69, 9.17) is 4.74 Å². The van der Waals surface area contributed by atoms with E-state index in [0.717, 1.165) is 11.8 Å². The molecule has 2 amide bonds. The van der Waals surface area contributed by atoms with Crippen LogP contribution in [0.3, 0.4) is 0 Å². The molecule has 0 bridgehead atoms. The topological polar surface area (TPSA) is 102 Å². The Hall–Kier alpha value is -2.87. The van der Waals surface area contributed by atoms with Crippen LogP contribution in [-0.2, 0) is 21.2 Å². The molecule has 0 fully saturated rings. The first-order chi connectivity index (χ1) is 11.8. The van der Waals surface area contributed by atoms with E-state index in [0.29, 0.717) is 17.9 Å². The number of amides is 2. The molecule has 0 radical (unpaired) electrons. The van der Waals surface area contributed by atoms with Crippen LogP contribution in [0.2, 0.25) is 0 Å². The number of ether oxygens (including phenoxy) is 1. The summed E-state index contributed by atoms with van der Waals surface area (Å²) in [7, 11) is -3.66. The first-order valence-electron chi connectivity index (χ1n) is 7.49. The molecule has 0 aromatic heterocycles. The number of hydrogen-bond donors (Lipinski definition) is 2. The molecule has 1 aliphatic heterocycles. The number of hydrogen-bond acceptors (Lipinski definition) is 5. The summed E-state index contributed by atoms with van der Waals surface area (Å²) in [6, 6.07) is 13.4. The minimum Gasteiger partial charge on any atom is -0.480 e. The third-order valence-electron chi connectivity index (χ3n) is 3.61. The fourth-order valence-electron chi connectivity index (χ4n) is 2.52. The summed E-state index contributed by atoms with van der Waals surface area (Å²) < 4.78 is 29.8. The summed E-state index contributed by atoms with van der Waals surface area (Å²) in [5, 5.41) is 2.68. The van der Waals surface area contributed by atoms with Gasteiger partial charge in [-0.1, -0.05) is 24.3 Å². The fourth-order valence-corrected chi connectivity index (χ4v) is 2.97. The molecule has 1 unspecified atom stereocenters. The van der Waals surface area contributed by atoms with Crippen molar-refractivity contribution in [3.05, 3.63) is 59.7 Å². The van der Waals surface area contributed by atoms with Gasteiger partial charge in [-0.3, -0.25) is 9.59 Å². The number of fused-ring (bicyclic) bond motifs is 1. The Labute approximate surface area is 145 Å². The van der Waals surface area contributed by atoms with E-state index >= 15 is 0 Å². The van der Waals surface area contributed by atoms with Crippen molar-refractivity contribution >= 4 is 27.5 Å². The van der Waals surface area contributed by atoms with Gasteiger partial charge in [0.15, 0.2) is 6.10 Å². The van der Waals surface area contributed by atoms with Crippen LogP contribution in [0.1, 0.15) is 15.9 Å². The summed E-state index contributed by atoms with van der Waals surface area (Å²) in [6.07, 6.45) is 0.716. The molecular formula is C17H16N2O5S. The Balaban J connectivity index is 1.69. The van der Waals surface area contributed by atoms with Gasteiger partial charge in [0.25, 0.3) is 11.8 Å². The van der Waals surface area contributed by atoms with Crippen molar-refractivity contribution in [3.8, 4) is 5.75 Å². The van der Waals surface area contributed by atoms with Crippen molar-refractivity contribution in [2.45, 2.75) is 12.5 Å². The van der Waals surface area contributed by atoms with Gasteiger partial charge in [0.05, 0.1) is 6.26 Å². The van der Waals surface area contributed by atoms with Gasteiger partial charge < -0.3 is 10.1 Å². The van der Waals surface area contributed by atoms with E-state index in [2.05, 4.69) is 5.32 Å². The number of carbonyl (C=O) groups excluding carboxylic acids is 2. The third-order valence-corrected chi connectivity index (χ3v) is 4.17. The van der Waals surface area contributed by atoms with Crippen LogP contribution >= 0.6 is 0 Å². The van der Waals surface area contributed by atoms with Crippen molar-refractivity contribution < 1.29 is 22.7 Å². The average molecular weight is 360 g/mol. The van der Waals surface area contributed by atoms with E-state index in [9.17, 15) is 18.0 Å². The molecule has 0 aliphatic carbocycles. The average Bonchev–Trinajstić information content (AvgIpc) is 2.98. The van der Waals surface area contributed by atoms with Crippen LogP contribution in [0, 0.1) is 0 Å². The molecule has 130 valence electrons. The largest absolute Gasteiger partial charge is 0.480 e. The highest BCUT2D eigenvalue weighted by Gasteiger charge is 2.28. The van der Waals surface area contributed by atoms with Crippen LogP contribution in [0.25, 0.3) is 0 Å². The molecule has 25 heavy (non-hydrogen) atoms. The Bertz CT molecular complexity index is 915. The molecule has 0 spiro atoms. The highest BCUT2D eigenvalue weighted by molar-refractivity contribution is 7.89. The Morgan fingerprint density at radius 1 is 1.12 bits per heavy atom. The van der Waals surface area contributed by atoms with Gasteiger partial charge in [-0.25, -0.2) is 13.1 Å². The fraction of sp³-hybridized carbons (Fsp3) is 0.176. The lowest BCUT2D eigenvalue weighted by molar-refractivity contribution is -0.122. The van der Waals surface area contributed by atoms with Gasteiger partial charge in [0.2, 0.25) is 10.0 Å². The molecule has 1 aliphatic rings. The van der Waals surface area contributed by atoms with Crippen LogP contribution in [0.5, 0.6) is 5.75 Å². The minimum atomic E-state index is -3.66. The lowest BCUT2D eigenvalue weighted by Crippen LogP contribution is -2.32. The summed E-state index contributed by atoms with van der Waals surface area (Å²) >= 11 is 0. The Morgan fingerprint density at radius 2 is 1.88 bits per heavy atom. The van der Waals surface area contributed by atoms with Crippen molar-refractivity contribution in [1.29, 1.82) is 0 Å². The smallest absolute Gasteiger partial charge is 0.265 e.